The Bertz CT molecular complexity index is 476. The highest BCUT2D eigenvalue weighted by molar-refractivity contribution is 9.10. The average Bonchev–Trinajstić information content (AvgIpc) is 2.41. The summed E-state index contributed by atoms with van der Waals surface area (Å²) >= 11 is 3.31. The van der Waals surface area contributed by atoms with Gasteiger partial charge in [-0.15, -0.1) is 0 Å². The molecule has 0 saturated carbocycles. The first-order valence-electron chi connectivity index (χ1n) is 6.23. The van der Waals surface area contributed by atoms with Crippen molar-refractivity contribution in [1.82, 2.24) is 4.90 Å². The summed E-state index contributed by atoms with van der Waals surface area (Å²) in [7, 11) is 1.30. The Kier molecular flexibility index (Phi) is 6.67. The van der Waals surface area contributed by atoms with Gasteiger partial charge in [-0.3, -0.25) is 9.59 Å². The fourth-order valence-corrected chi connectivity index (χ4v) is 2.13. The van der Waals surface area contributed by atoms with Gasteiger partial charge in [0.2, 0.25) is 0 Å². The summed E-state index contributed by atoms with van der Waals surface area (Å²) in [6.45, 7) is 1.98. The number of rotatable bonds is 6. The van der Waals surface area contributed by atoms with Gasteiger partial charge in [0.25, 0.3) is 5.91 Å². The third kappa shape index (κ3) is 5.30. The van der Waals surface area contributed by atoms with E-state index in [-0.39, 0.29) is 31.4 Å². The predicted octanol–water partition coefficient (Wildman–Crippen LogP) is 1.84. The second-order valence-electron chi connectivity index (χ2n) is 4.44. The largest absolute Gasteiger partial charge is 0.469 e. The summed E-state index contributed by atoms with van der Waals surface area (Å²) < 4.78 is 5.36. The Morgan fingerprint density at radius 3 is 2.70 bits per heavy atom. The first-order valence-corrected chi connectivity index (χ1v) is 7.03. The Morgan fingerprint density at radius 1 is 1.45 bits per heavy atom. The summed E-state index contributed by atoms with van der Waals surface area (Å²) in [6.07, 6.45) is -0.563. The second kappa shape index (κ2) is 8.01. The van der Waals surface area contributed by atoms with Crippen LogP contribution in [0.3, 0.4) is 0 Å². The lowest BCUT2D eigenvalue weighted by Crippen LogP contribution is -2.38. The summed E-state index contributed by atoms with van der Waals surface area (Å²) in [6, 6.07) is 6.98. The van der Waals surface area contributed by atoms with Crippen molar-refractivity contribution >= 4 is 27.8 Å². The maximum Gasteiger partial charge on any atom is 0.307 e. The van der Waals surface area contributed by atoms with Gasteiger partial charge < -0.3 is 14.7 Å². The summed E-state index contributed by atoms with van der Waals surface area (Å²) in [5, 5.41) is 9.48. The normalized spacial score (nSPS) is 11.8. The number of carbonyl (C=O) groups is 2. The Hall–Kier alpha value is -1.40. The molecule has 0 bridgehead atoms. The molecule has 6 heteroatoms. The number of halogens is 1. The van der Waals surface area contributed by atoms with Crippen molar-refractivity contribution in [3.63, 3.8) is 0 Å². The van der Waals surface area contributed by atoms with Gasteiger partial charge in [-0.2, -0.15) is 0 Å². The van der Waals surface area contributed by atoms with Crippen molar-refractivity contribution in [2.45, 2.75) is 19.4 Å². The van der Waals surface area contributed by atoms with Crippen molar-refractivity contribution in [2.24, 2.45) is 0 Å². The predicted molar refractivity (Wildman–Crippen MR) is 78.4 cm³/mol. The van der Waals surface area contributed by atoms with Crippen molar-refractivity contribution in [3.05, 3.63) is 34.3 Å². The topological polar surface area (TPSA) is 66.8 Å². The molecule has 1 amide bonds. The molecule has 1 unspecified atom stereocenters. The zero-order valence-corrected chi connectivity index (χ0v) is 13.1. The summed E-state index contributed by atoms with van der Waals surface area (Å²) in [5.74, 6) is -0.612. The Balaban J connectivity index is 2.81. The van der Waals surface area contributed by atoms with Gasteiger partial charge in [-0.05, 0) is 25.1 Å². The molecule has 0 aliphatic rings. The number of esters is 1. The summed E-state index contributed by atoms with van der Waals surface area (Å²) in [4.78, 5) is 25.0. The van der Waals surface area contributed by atoms with Crippen LogP contribution in [0.25, 0.3) is 0 Å². The van der Waals surface area contributed by atoms with Crippen LogP contribution in [0.2, 0.25) is 0 Å². The number of ether oxygens (including phenoxy) is 1. The zero-order chi connectivity index (χ0) is 15.1. The molecule has 0 heterocycles. The van der Waals surface area contributed by atoms with Crippen LogP contribution < -0.4 is 0 Å². The van der Waals surface area contributed by atoms with E-state index in [0.29, 0.717) is 5.56 Å². The third-order valence-electron chi connectivity index (χ3n) is 2.66. The van der Waals surface area contributed by atoms with Gasteiger partial charge in [0.1, 0.15) is 0 Å². The first kappa shape index (κ1) is 16.7. The molecule has 0 radical (unpaired) electrons. The highest BCUT2D eigenvalue weighted by atomic mass is 79.9. The number of amides is 1. The van der Waals surface area contributed by atoms with Crippen molar-refractivity contribution in [3.8, 4) is 0 Å². The molecule has 0 aliphatic carbocycles. The third-order valence-corrected chi connectivity index (χ3v) is 3.15. The van der Waals surface area contributed by atoms with Crippen LogP contribution in [0.15, 0.2) is 28.7 Å². The molecule has 1 N–H and O–H groups in total. The van der Waals surface area contributed by atoms with Gasteiger partial charge in [-0.25, -0.2) is 0 Å². The maximum absolute atomic E-state index is 12.4. The van der Waals surface area contributed by atoms with Gasteiger partial charge in [-0.1, -0.05) is 22.0 Å². The van der Waals surface area contributed by atoms with Gasteiger partial charge in [0.15, 0.2) is 0 Å². The van der Waals surface area contributed by atoms with E-state index in [9.17, 15) is 14.7 Å². The smallest absolute Gasteiger partial charge is 0.307 e. The number of hydrogen-bond donors (Lipinski definition) is 1. The van der Waals surface area contributed by atoms with Gasteiger partial charge in [0.05, 0.1) is 19.6 Å². The number of methoxy groups -OCH3 is 1. The van der Waals surface area contributed by atoms with E-state index < -0.39 is 6.10 Å². The average molecular weight is 344 g/mol. The fourth-order valence-electron chi connectivity index (χ4n) is 1.73. The van der Waals surface area contributed by atoms with Crippen molar-refractivity contribution in [2.75, 3.05) is 20.2 Å². The number of hydrogen-bond acceptors (Lipinski definition) is 4. The Morgan fingerprint density at radius 2 is 2.15 bits per heavy atom. The van der Waals surface area contributed by atoms with Crippen LogP contribution in [0, 0.1) is 0 Å². The molecule has 0 spiro atoms. The minimum absolute atomic E-state index is 0.100. The van der Waals surface area contributed by atoms with E-state index >= 15 is 0 Å². The minimum Gasteiger partial charge on any atom is -0.469 e. The lowest BCUT2D eigenvalue weighted by Gasteiger charge is -2.23. The SMILES string of the molecule is COC(=O)CCN(CC(C)O)C(=O)c1cccc(Br)c1. The lowest BCUT2D eigenvalue weighted by atomic mass is 10.2. The number of benzene rings is 1. The molecule has 0 fully saturated rings. The van der Waals surface area contributed by atoms with E-state index in [1.54, 1.807) is 25.1 Å². The molecule has 5 nitrogen and oxygen atoms in total. The minimum atomic E-state index is -0.663. The van der Waals surface area contributed by atoms with Gasteiger partial charge >= 0.3 is 5.97 Å². The van der Waals surface area contributed by atoms with E-state index in [1.165, 1.54) is 12.0 Å². The molecular formula is C14H18BrNO4. The van der Waals surface area contributed by atoms with Crippen LogP contribution in [0.1, 0.15) is 23.7 Å². The fraction of sp³-hybridized carbons (Fsp3) is 0.429. The molecule has 1 rings (SSSR count). The molecule has 110 valence electrons. The summed E-state index contributed by atoms with van der Waals surface area (Å²) in [5.41, 5.74) is 0.505. The second-order valence-corrected chi connectivity index (χ2v) is 5.35. The van der Waals surface area contributed by atoms with Crippen molar-refractivity contribution < 1.29 is 19.4 Å². The molecule has 0 aliphatic heterocycles. The zero-order valence-electron chi connectivity index (χ0n) is 11.5. The molecule has 0 saturated heterocycles. The van der Waals surface area contributed by atoms with Crippen molar-refractivity contribution in [1.29, 1.82) is 0 Å². The van der Waals surface area contributed by atoms with E-state index in [2.05, 4.69) is 20.7 Å². The molecule has 1 atom stereocenters. The Labute approximate surface area is 126 Å². The number of aliphatic hydroxyl groups excluding tert-OH is 1. The quantitative estimate of drug-likeness (QED) is 0.800. The molecule has 1 aromatic carbocycles. The number of carbonyl (C=O) groups excluding carboxylic acids is 2. The van der Waals surface area contributed by atoms with Crippen LogP contribution >= 0.6 is 15.9 Å². The van der Waals surface area contributed by atoms with E-state index in [1.807, 2.05) is 6.07 Å². The molecule has 20 heavy (non-hydrogen) atoms. The maximum atomic E-state index is 12.4. The highest BCUT2D eigenvalue weighted by Crippen LogP contribution is 2.14. The molecular weight excluding hydrogens is 326 g/mol. The monoisotopic (exact) mass is 343 g/mol. The standard InChI is InChI=1S/C14H18BrNO4/c1-10(17)9-16(7-6-13(18)20-2)14(19)11-4-3-5-12(15)8-11/h3-5,8,10,17H,6-7,9H2,1-2H3. The molecule has 0 aromatic heterocycles. The van der Waals surface area contributed by atoms with Crippen LogP contribution in [0.5, 0.6) is 0 Å². The van der Waals surface area contributed by atoms with Gasteiger partial charge in [0, 0.05) is 23.1 Å². The van der Waals surface area contributed by atoms with E-state index in [4.69, 9.17) is 0 Å². The lowest BCUT2D eigenvalue weighted by molar-refractivity contribution is -0.140. The number of nitrogens with zero attached hydrogens (tertiary/aromatic N) is 1. The van der Waals surface area contributed by atoms with E-state index in [0.717, 1.165) is 4.47 Å². The first-order chi connectivity index (χ1) is 9.43. The molecule has 1 aromatic rings. The highest BCUT2D eigenvalue weighted by Gasteiger charge is 2.18. The van der Waals surface area contributed by atoms with Crippen LogP contribution in [-0.2, 0) is 9.53 Å². The van der Waals surface area contributed by atoms with Crippen LogP contribution in [0.4, 0.5) is 0 Å². The van der Waals surface area contributed by atoms with Crippen LogP contribution in [-0.4, -0.2) is 48.2 Å². The number of aliphatic hydroxyl groups is 1.